The van der Waals surface area contributed by atoms with Crippen molar-refractivity contribution in [3.8, 4) is 5.75 Å². The minimum absolute atomic E-state index is 0.173. The minimum Gasteiger partial charge on any atom is -0.466 e. The van der Waals surface area contributed by atoms with Gasteiger partial charge in [-0.3, -0.25) is 9.59 Å². The van der Waals surface area contributed by atoms with E-state index >= 15 is 0 Å². The fraction of sp³-hybridized carbons (Fsp3) is 0.500. The molecule has 1 aliphatic rings. The summed E-state index contributed by atoms with van der Waals surface area (Å²) in [7, 11) is 0. The molecule has 21 heavy (non-hydrogen) atoms. The first kappa shape index (κ1) is 15.5. The Morgan fingerprint density at radius 1 is 1.38 bits per heavy atom. The number of ether oxygens (including phenoxy) is 3. The average Bonchev–Trinajstić information content (AvgIpc) is 3.00. The lowest BCUT2D eigenvalue weighted by Crippen LogP contribution is -2.20. The highest BCUT2D eigenvalue weighted by Gasteiger charge is 2.25. The van der Waals surface area contributed by atoms with Gasteiger partial charge in [-0.2, -0.15) is 0 Å². The first-order valence-corrected chi connectivity index (χ1v) is 7.23. The molecule has 0 aliphatic carbocycles. The van der Waals surface area contributed by atoms with Gasteiger partial charge in [0.05, 0.1) is 19.1 Å². The van der Waals surface area contributed by atoms with Gasteiger partial charge >= 0.3 is 11.9 Å². The Kier molecular flexibility index (Phi) is 5.75. The van der Waals surface area contributed by atoms with Gasteiger partial charge in [0.2, 0.25) is 0 Å². The summed E-state index contributed by atoms with van der Waals surface area (Å²) in [6.45, 7) is 3.21. The van der Waals surface area contributed by atoms with E-state index in [4.69, 9.17) is 14.2 Å². The van der Waals surface area contributed by atoms with Crippen LogP contribution < -0.4 is 4.74 Å². The van der Waals surface area contributed by atoms with Crippen LogP contribution in [0.4, 0.5) is 0 Å². The standard InChI is InChI=1S/C16H20O5/c1-2-20-15(17)7-6-12-4-3-5-14(10-12)21-16(18)13-8-9-19-11-13/h3-5,10,13H,2,6-9,11H2,1H3. The Morgan fingerprint density at radius 2 is 2.24 bits per heavy atom. The maximum atomic E-state index is 11.9. The van der Waals surface area contributed by atoms with Crippen molar-refractivity contribution in [2.24, 2.45) is 5.92 Å². The van der Waals surface area contributed by atoms with Crippen LogP contribution in [-0.4, -0.2) is 31.8 Å². The molecule has 1 unspecified atom stereocenters. The Morgan fingerprint density at radius 3 is 2.95 bits per heavy atom. The third-order valence-corrected chi connectivity index (χ3v) is 3.30. The lowest BCUT2D eigenvalue weighted by atomic mass is 10.1. The van der Waals surface area contributed by atoms with Crippen molar-refractivity contribution in [2.45, 2.75) is 26.2 Å². The largest absolute Gasteiger partial charge is 0.466 e. The number of esters is 2. The summed E-state index contributed by atoms with van der Waals surface area (Å²) in [4.78, 5) is 23.2. The zero-order valence-corrected chi connectivity index (χ0v) is 12.2. The quantitative estimate of drug-likeness (QED) is 0.593. The summed E-state index contributed by atoms with van der Waals surface area (Å²) in [5, 5.41) is 0. The van der Waals surface area contributed by atoms with Gasteiger partial charge in [-0.15, -0.1) is 0 Å². The molecule has 0 radical (unpaired) electrons. The molecule has 1 aliphatic heterocycles. The summed E-state index contributed by atoms with van der Waals surface area (Å²) in [5.41, 5.74) is 0.941. The van der Waals surface area contributed by atoms with Gasteiger partial charge in [-0.05, 0) is 37.5 Å². The third-order valence-electron chi connectivity index (χ3n) is 3.30. The molecule has 1 atom stereocenters. The van der Waals surface area contributed by atoms with E-state index in [9.17, 15) is 9.59 Å². The van der Waals surface area contributed by atoms with Gasteiger partial charge in [-0.1, -0.05) is 12.1 Å². The first-order chi connectivity index (χ1) is 10.2. The summed E-state index contributed by atoms with van der Waals surface area (Å²) < 4.78 is 15.4. The van der Waals surface area contributed by atoms with Crippen molar-refractivity contribution < 1.29 is 23.8 Å². The monoisotopic (exact) mass is 292 g/mol. The highest BCUT2D eigenvalue weighted by atomic mass is 16.5. The lowest BCUT2D eigenvalue weighted by molar-refractivity contribution is -0.143. The maximum Gasteiger partial charge on any atom is 0.316 e. The summed E-state index contributed by atoms with van der Waals surface area (Å²) in [6.07, 6.45) is 1.60. The van der Waals surface area contributed by atoms with Gasteiger partial charge in [-0.25, -0.2) is 0 Å². The van der Waals surface area contributed by atoms with E-state index in [0.29, 0.717) is 44.8 Å². The fourth-order valence-electron chi connectivity index (χ4n) is 2.16. The first-order valence-electron chi connectivity index (χ1n) is 7.23. The number of carbonyl (C=O) groups is 2. The zero-order chi connectivity index (χ0) is 15.1. The molecule has 0 saturated carbocycles. The molecule has 5 nitrogen and oxygen atoms in total. The van der Waals surface area contributed by atoms with Gasteiger partial charge in [0.25, 0.3) is 0 Å². The normalized spacial score (nSPS) is 17.5. The molecule has 0 amide bonds. The second kappa shape index (κ2) is 7.78. The number of aryl methyl sites for hydroxylation is 1. The second-order valence-corrected chi connectivity index (χ2v) is 4.93. The highest BCUT2D eigenvalue weighted by Crippen LogP contribution is 2.19. The van der Waals surface area contributed by atoms with Crippen LogP contribution >= 0.6 is 0 Å². The van der Waals surface area contributed by atoms with E-state index in [-0.39, 0.29) is 17.9 Å². The van der Waals surface area contributed by atoms with Gasteiger partial charge in [0.15, 0.2) is 0 Å². The Balaban J connectivity index is 1.88. The van der Waals surface area contributed by atoms with Crippen LogP contribution in [0.5, 0.6) is 5.75 Å². The summed E-state index contributed by atoms with van der Waals surface area (Å²) >= 11 is 0. The van der Waals surface area contributed by atoms with Crippen LogP contribution in [0.3, 0.4) is 0 Å². The van der Waals surface area contributed by atoms with Crippen LogP contribution in [0.25, 0.3) is 0 Å². The van der Waals surface area contributed by atoms with Crippen LogP contribution in [0, 0.1) is 5.92 Å². The molecule has 0 spiro atoms. The summed E-state index contributed by atoms with van der Waals surface area (Å²) in [5.74, 6) is -0.139. The predicted octanol–water partition coefficient (Wildman–Crippen LogP) is 2.12. The van der Waals surface area contributed by atoms with E-state index in [1.807, 2.05) is 12.1 Å². The minimum atomic E-state index is -0.255. The van der Waals surface area contributed by atoms with Crippen molar-refractivity contribution in [3.63, 3.8) is 0 Å². The lowest BCUT2D eigenvalue weighted by Gasteiger charge is -2.09. The molecule has 1 aromatic rings. The van der Waals surface area contributed by atoms with Crippen molar-refractivity contribution in [1.29, 1.82) is 0 Å². The Labute approximate surface area is 124 Å². The van der Waals surface area contributed by atoms with Crippen LogP contribution in [0.15, 0.2) is 24.3 Å². The molecule has 1 heterocycles. The van der Waals surface area contributed by atoms with Crippen LogP contribution in [0.2, 0.25) is 0 Å². The molecule has 1 aromatic carbocycles. The number of hydrogen-bond acceptors (Lipinski definition) is 5. The number of benzene rings is 1. The summed E-state index contributed by atoms with van der Waals surface area (Å²) in [6, 6.07) is 7.23. The zero-order valence-electron chi connectivity index (χ0n) is 12.2. The second-order valence-electron chi connectivity index (χ2n) is 4.93. The number of rotatable bonds is 6. The smallest absolute Gasteiger partial charge is 0.316 e. The number of hydrogen-bond donors (Lipinski definition) is 0. The molecule has 1 fully saturated rings. The van der Waals surface area contributed by atoms with Crippen molar-refractivity contribution in [1.82, 2.24) is 0 Å². The van der Waals surface area contributed by atoms with Crippen LogP contribution in [-0.2, 0) is 25.5 Å². The van der Waals surface area contributed by atoms with Gasteiger partial charge in [0.1, 0.15) is 5.75 Å². The molecule has 0 bridgehead atoms. The third kappa shape index (κ3) is 4.86. The average molecular weight is 292 g/mol. The molecule has 1 saturated heterocycles. The number of carbonyl (C=O) groups excluding carboxylic acids is 2. The molecular formula is C16H20O5. The topological polar surface area (TPSA) is 61.8 Å². The van der Waals surface area contributed by atoms with Crippen molar-refractivity contribution in [2.75, 3.05) is 19.8 Å². The SMILES string of the molecule is CCOC(=O)CCc1cccc(OC(=O)C2CCOC2)c1. The van der Waals surface area contributed by atoms with Gasteiger partial charge < -0.3 is 14.2 Å². The van der Waals surface area contributed by atoms with Crippen molar-refractivity contribution in [3.05, 3.63) is 29.8 Å². The molecule has 114 valence electrons. The Hall–Kier alpha value is -1.88. The van der Waals surface area contributed by atoms with E-state index in [1.54, 1.807) is 19.1 Å². The Bertz CT molecular complexity index is 491. The van der Waals surface area contributed by atoms with E-state index < -0.39 is 0 Å². The predicted molar refractivity (Wildman–Crippen MR) is 76.0 cm³/mol. The molecule has 0 N–H and O–H groups in total. The maximum absolute atomic E-state index is 11.9. The van der Waals surface area contributed by atoms with Crippen molar-refractivity contribution >= 4 is 11.9 Å². The van der Waals surface area contributed by atoms with Crippen LogP contribution in [0.1, 0.15) is 25.3 Å². The van der Waals surface area contributed by atoms with E-state index in [1.165, 1.54) is 0 Å². The highest BCUT2D eigenvalue weighted by molar-refractivity contribution is 5.75. The van der Waals surface area contributed by atoms with E-state index in [2.05, 4.69) is 0 Å². The molecule has 2 rings (SSSR count). The molecular weight excluding hydrogens is 272 g/mol. The molecule has 0 aromatic heterocycles. The fourth-order valence-corrected chi connectivity index (χ4v) is 2.16. The van der Waals surface area contributed by atoms with Gasteiger partial charge in [0, 0.05) is 13.0 Å². The van der Waals surface area contributed by atoms with E-state index in [0.717, 1.165) is 5.56 Å². The molecule has 5 heteroatoms.